The smallest absolute Gasteiger partial charge is 0.343 e. The first-order valence-electron chi connectivity index (χ1n) is 7.16. The van der Waals surface area contributed by atoms with Crippen molar-refractivity contribution in [1.82, 2.24) is 9.55 Å². The SMILES string of the molecule is O=[N+]([O-])c1cnc(/C=C\c2ccc3ccccc3c2)n1CCO. The molecule has 6 nitrogen and oxygen atoms in total. The molecule has 0 atom stereocenters. The Labute approximate surface area is 132 Å². The molecule has 116 valence electrons. The van der Waals surface area contributed by atoms with Gasteiger partial charge >= 0.3 is 5.82 Å². The van der Waals surface area contributed by atoms with Gasteiger partial charge in [0.05, 0.1) is 6.61 Å². The number of hydrogen-bond acceptors (Lipinski definition) is 4. The Hall–Kier alpha value is -2.99. The fourth-order valence-corrected chi connectivity index (χ4v) is 2.47. The molecule has 0 saturated heterocycles. The van der Waals surface area contributed by atoms with Gasteiger partial charge in [0.15, 0.2) is 0 Å². The summed E-state index contributed by atoms with van der Waals surface area (Å²) in [6, 6.07) is 14.1. The van der Waals surface area contributed by atoms with E-state index in [2.05, 4.69) is 4.98 Å². The first-order chi connectivity index (χ1) is 11.2. The van der Waals surface area contributed by atoms with Gasteiger partial charge in [0, 0.05) is 6.08 Å². The maximum absolute atomic E-state index is 11.0. The van der Waals surface area contributed by atoms with Crippen LogP contribution in [0.15, 0.2) is 48.7 Å². The number of fused-ring (bicyclic) bond motifs is 1. The minimum absolute atomic E-state index is 0.128. The minimum atomic E-state index is -0.504. The number of benzene rings is 2. The zero-order valence-electron chi connectivity index (χ0n) is 12.3. The number of aliphatic hydroxyl groups is 1. The van der Waals surface area contributed by atoms with Crippen LogP contribution in [0.5, 0.6) is 0 Å². The van der Waals surface area contributed by atoms with Crippen molar-refractivity contribution in [2.24, 2.45) is 0 Å². The number of nitro groups is 1. The van der Waals surface area contributed by atoms with Gasteiger partial charge in [-0.05, 0) is 33.4 Å². The summed E-state index contributed by atoms with van der Waals surface area (Å²) in [5, 5.41) is 22.3. The molecule has 6 heteroatoms. The van der Waals surface area contributed by atoms with Gasteiger partial charge in [-0.15, -0.1) is 0 Å². The molecular formula is C17H15N3O3. The van der Waals surface area contributed by atoms with Crippen LogP contribution < -0.4 is 0 Å². The van der Waals surface area contributed by atoms with Crippen LogP contribution in [0.2, 0.25) is 0 Å². The molecule has 0 unspecified atom stereocenters. The molecule has 0 radical (unpaired) electrons. The highest BCUT2D eigenvalue weighted by atomic mass is 16.6. The molecule has 1 N–H and O–H groups in total. The van der Waals surface area contributed by atoms with Crippen LogP contribution in [0, 0.1) is 10.1 Å². The van der Waals surface area contributed by atoms with Crippen LogP contribution in [-0.2, 0) is 6.54 Å². The van der Waals surface area contributed by atoms with E-state index in [4.69, 9.17) is 5.11 Å². The largest absolute Gasteiger partial charge is 0.392 e. The number of aliphatic hydroxyl groups excluding tert-OH is 1. The molecule has 23 heavy (non-hydrogen) atoms. The highest BCUT2D eigenvalue weighted by Crippen LogP contribution is 2.19. The lowest BCUT2D eigenvalue weighted by molar-refractivity contribution is -0.392. The van der Waals surface area contributed by atoms with Gasteiger partial charge in [0.1, 0.15) is 12.7 Å². The molecule has 1 heterocycles. The molecule has 0 amide bonds. The fraction of sp³-hybridized carbons (Fsp3) is 0.118. The van der Waals surface area contributed by atoms with Crippen molar-refractivity contribution < 1.29 is 10.0 Å². The van der Waals surface area contributed by atoms with Crippen molar-refractivity contribution in [3.05, 3.63) is 70.2 Å². The number of hydrogen-bond donors (Lipinski definition) is 1. The normalized spacial score (nSPS) is 11.3. The Balaban J connectivity index is 1.93. The molecule has 0 saturated carbocycles. The Bertz CT molecular complexity index is 884. The average molecular weight is 309 g/mol. The van der Waals surface area contributed by atoms with Crippen LogP contribution in [0.4, 0.5) is 5.82 Å². The first kappa shape index (κ1) is 14.9. The van der Waals surface area contributed by atoms with E-state index in [1.54, 1.807) is 6.08 Å². The minimum Gasteiger partial charge on any atom is -0.392 e. The topological polar surface area (TPSA) is 81.2 Å². The van der Waals surface area contributed by atoms with E-state index in [1.807, 2.05) is 48.5 Å². The molecule has 0 fully saturated rings. The lowest BCUT2D eigenvalue weighted by atomic mass is 10.1. The number of nitrogens with zero attached hydrogens (tertiary/aromatic N) is 3. The Morgan fingerprint density at radius 2 is 1.96 bits per heavy atom. The summed E-state index contributed by atoms with van der Waals surface area (Å²) in [5.41, 5.74) is 0.977. The van der Waals surface area contributed by atoms with Crippen molar-refractivity contribution >= 4 is 28.7 Å². The molecule has 1 aromatic heterocycles. The lowest BCUT2D eigenvalue weighted by Crippen LogP contribution is -2.07. The summed E-state index contributed by atoms with van der Waals surface area (Å²) in [5.74, 6) is 0.316. The molecule has 0 aliphatic heterocycles. The van der Waals surface area contributed by atoms with Gasteiger partial charge in [-0.1, -0.05) is 36.4 Å². The Morgan fingerprint density at radius 1 is 1.17 bits per heavy atom. The molecule has 0 bridgehead atoms. The second-order valence-corrected chi connectivity index (χ2v) is 5.05. The highest BCUT2D eigenvalue weighted by molar-refractivity contribution is 5.85. The second kappa shape index (κ2) is 6.41. The average Bonchev–Trinajstić information content (AvgIpc) is 2.96. The van der Waals surface area contributed by atoms with Crippen LogP contribution in [0.25, 0.3) is 22.9 Å². The molecular weight excluding hydrogens is 294 g/mol. The Kier molecular flexibility index (Phi) is 4.16. The zero-order chi connectivity index (χ0) is 16.2. The highest BCUT2D eigenvalue weighted by Gasteiger charge is 2.17. The van der Waals surface area contributed by atoms with Gasteiger partial charge in [-0.3, -0.25) is 0 Å². The summed E-state index contributed by atoms with van der Waals surface area (Å²) >= 11 is 0. The van der Waals surface area contributed by atoms with E-state index in [0.717, 1.165) is 16.3 Å². The van der Waals surface area contributed by atoms with Crippen LogP contribution in [0.3, 0.4) is 0 Å². The van der Waals surface area contributed by atoms with Crippen molar-refractivity contribution in [2.45, 2.75) is 6.54 Å². The third kappa shape index (κ3) is 3.12. The summed E-state index contributed by atoms with van der Waals surface area (Å²) in [6.07, 6.45) is 4.77. The second-order valence-electron chi connectivity index (χ2n) is 5.05. The van der Waals surface area contributed by atoms with Crippen molar-refractivity contribution in [3.8, 4) is 0 Å². The molecule has 2 aromatic carbocycles. The van der Waals surface area contributed by atoms with Gasteiger partial charge in [0.2, 0.25) is 5.82 Å². The first-order valence-corrected chi connectivity index (χ1v) is 7.16. The monoisotopic (exact) mass is 309 g/mol. The predicted octanol–water partition coefficient (Wildman–Crippen LogP) is 3.11. The Morgan fingerprint density at radius 3 is 2.70 bits per heavy atom. The fourth-order valence-electron chi connectivity index (χ4n) is 2.47. The van der Waals surface area contributed by atoms with Crippen molar-refractivity contribution in [1.29, 1.82) is 0 Å². The third-order valence-electron chi connectivity index (χ3n) is 3.57. The van der Waals surface area contributed by atoms with Gasteiger partial charge in [0.25, 0.3) is 0 Å². The predicted molar refractivity (Wildman–Crippen MR) is 88.8 cm³/mol. The van der Waals surface area contributed by atoms with E-state index < -0.39 is 4.92 Å². The van der Waals surface area contributed by atoms with Gasteiger partial charge in [-0.25, -0.2) is 9.55 Å². The molecule has 0 aliphatic rings. The quantitative estimate of drug-likeness (QED) is 0.580. The molecule has 3 rings (SSSR count). The van der Waals surface area contributed by atoms with Crippen molar-refractivity contribution in [2.75, 3.05) is 6.61 Å². The van der Waals surface area contributed by atoms with Crippen LogP contribution >= 0.6 is 0 Å². The molecule has 0 aliphatic carbocycles. The van der Waals surface area contributed by atoms with E-state index in [1.165, 1.54) is 10.8 Å². The van der Waals surface area contributed by atoms with Crippen molar-refractivity contribution in [3.63, 3.8) is 0 Å². The maximum Gasteiger partial charge on any atom is 0.343 e. The number of rotatable bonds is 5. The van der Waals surface area contributed by atoms with Crippen LogP contribution in [-0.4, -0.2) is 26.2 Å². The maximum atomic E-state index is 11.0. The third-order valence-corrected chi connectivity index (χ3v) is 3.57. The summed E-state index contributed by atoms with van der Waals surface area (Å²) in [7, 11) is 0. The van der Waals surface area contributed by atoms with Gasteiger partial charge < -0.3 is 15.2 Å². The molecule has 3 aromatic rings. The summed E-state index contributed by atoms with van der Waals surface area (Å²) < 4.78 is 1.39. The zero-order valence-corrected chi connectivity index (χ0v) is 12.3. The van der Waals surface area contributed by atoms with E-state index >= 15 is 0 Å². The van der Waals surface area contributed by atoms with E-state index in [-0.39, 0.29) is 19.0 Å². The van der Waals surface area contributed by atoms with E-state index in [9.17, 15) is 10.1 Å². The summed E-state index contributed by atoms with van der Waals surface area (Å²) in [6.45, 7) is -0.0538. The molecule has 0 spiro atoms. The number of aromatic nitrogens is 2. The van der Waals surface area contributed by atoms with Crippen LogP contribution in [0.1, 0.15) is 11.4 Å². The lowest BCUT2D eigenvalue weighted by Gasteiger charge is -2.01. The van der Waals surface area contributed by atoms with Gasteiger partial charge in [-0.2, -0.15) is 0 Å². The standard InChI is InChI=1S/C17H15N3O3/c21-10-9-19-16(18-12-17(19)20(22)23)8-6-13-5-7-14-3-1-2-4-15(14)11-13/h1-8,11-12,21H,9-10H2/b8-6-. The number of imidazole rings is 1. The van der Waals surface area contributed by atoms with E-state index in [0.29, 0.717) is 5.82 Å². The summed E-state index contributed by atoms with van der Waals surface area (Å²) in [4.78, 5) is 14.5.